The van der Waals surface area contributed by atoms with Crippen LogP contribution in [0.2, 0.25) is 0 Å². The van der Waals surface area contributed by atoms with Crippen LogP contribution in [0.5, 0.6) is 0 Å². The molecule has 0 aliphatic carbocycles. The van der Waals surface area contributed by atoms with Crippen LogP contribution in [-0.4, -0.2) is 13.0 Å². The largest absolute Gasteiger partial charge is 0.359 e. The molecule has 0 aromatic rings. The molecule has 0 spiro atoms. The van der Waals surface area contributed by atoms with Gasteiger partial charge < -0.3 is 5.32 Å². The first-order chi connectivity index (χ1) is 6.64. The van der Waals surface area contributed by atoms with Crippen molar-refractivity contribution in [1.29, 1.82) is 0 Å². The number of carbonyl (C=O) groups is 1. The van der Waals surface area contributed by atoms with Gasteiger partial charge >= 0.3 is 0 Å². The van der Waals surface area contributed by atoms with Crippen molar-refractivity contribution >= 4 is 5.91 Å². The van der Waals surface area contributed by atoms with Crippen LogP contribution in [0.4, 0.5) is 0 Å². The smallest absolute Gasteiger partial charge is 0.223 e. The first kappa shape index (κ1) is 14.5. The van der Waals surface area contributed by atoms with Crippen molar-refractivity contribution in [3.8, 4) is 0 Å². The lowest BCUT2D eigenvalue weighted by molar-refractivity contribution is -0.129. The van der Waals surface area contributed by atoms with Gasteiger partial charge in [-0.2, -0.15) is 0 Å². The molecule has 15 heavy (non-hydrogen) atoms. The summed E-state index contributed by atoms with van der Waals surface area (Å²) in [6.45, 7) is 13.1. The second-order valence-electron chi connectivity index (χ2n) is 6.25. The highest BCUT2D eigenvalue weighted by Gasteiger charge is 2.34. The van der Waals surface area contributed by atoms with Crippen LogP contribution in [0.15, 0.2) is 0 Å². The number of hydrogen-bond acceptors (Lipinski definition) is 1. The Bertz CT molecular complexity index is 213. The monoisotopic (exact) mass is 213 g/mol. The lowest BCUT2D eigenvalue weighted by Gasteiger charge is -2.35. The summed E-state index contributed by atoms with van der Waals surface area (Å²) in [6, 6.07) is 0. The third-order valence-electron chi connectivity index (χ3n) is 3.32. The van der Waals surface area contributed by atoms with Gasteiger partial charge in [0.05, 0.1) is 0 Å². The summed E-state index contributed by atoms with van der Waals surface area (Å²) in [5, 5.41) is 2.78. The van der Waals surface area contributed by atoms with Crippen LogP contribution in [0, 0.1) is 16.7 Å². The topological polar surface area (TPSA) is 29.1 Å². The fraction of sp³-hybridized carbons (Fsp3) is 0.923. The predicted octanol–water partition coefficient (Wildman–Crippen LogP) is 3.22. The van der Waals surface area contributed by atoms with Crippen molar-refractivity contribution in [1.82, 2.24) is 5.32 Å². The predicted molar refractivity (Wildman–Crippen MR) is 65.7 cm³/mol. The molecule has 1 amide bonds. The average molecular weight is 213 g/mol. The highest BCUT2D eigenvalue weighted by atomic mass is 16.1. The molecule has 0 radical (unpaired) electrons. The summed E-state index contributed by atoms with van der Waals surface area (Å²) in [7, 11) is 1.72. The number of hydrogen-bond donors (Lipinski definition) is 1. The van der Waals surface area contributed by atoms with Crippen LogP contribution >= 0.6 is 0 Å². The number of carbonyl (C=O) groups excluding carboxylic acids is 1. The fourth-order valence-electron chi connectivity index (χ4n) is 1.66. The van der Waals surface area contributed by atoms with Gasteiger partial charge in [-0.1, -0.05) is 48.0 Å². The van der Waals surface area contributed by atoms with E-state index in [4.69, 9.17) is 0 Å². The van der Waals surface area contributed by atoms with Gasteiger partial charge in [0.1, 0.15) is 0 Å². The molecular weight excluding hydrogens is 186 g/mol. The summed E-state index contributed by atoms with van der Waals surface area (Å²) in [4.78, 5) is 11.8. The molecule has 0 aliphatic heterocycles. The molecule has 0 saturated carbocycles. The average Bonchev–Trinajstić information content (AvgIpc) is 2.11. The minimum absolute atomic E-state index is 0.0343. The maximum absolute atomic E-state index is 11.8. The Labute approximate surface area is 94.8 Å². The zero-order chi connectivity index (χ0) is 12.3. The summed E-state index contributed by atoms with van der Waals surface area (Å²) >= 11 is 0. The molecule has 0 fully saturated rings. The van der Waals surface area contributed by atoms with Gasteiger partial charge in [0.15, 0.2) is 0 Å². The second-order valence-corrected chi connectivity index (χ2v) is 6.25. The van der Waals surface area contributed by atoms with Crippen molar-refractivity contribution < 1.29 is 4.79 Å². The van der Waals surface area contributed by atoms with E-state index < -0.39 is 0 Å². The van der Waals surface area contributed by atoms with Gasteiger partial charge in [0.2, 0.25) is 5.91 Å². The van der Waals surface area contributed by atoms with Gasteiger partial charge in [-0.3, -0.25) is 4.79 Å². The molecule has 0 rings (SSSR count). The maximum atomic E-state index is 11.8. The zero-order valence-corrected chi connectivity index (χ0v) is 11.4. The van der Waals surface area contributed by atoms with Crippen molar-refractivity contribution in [2.24, 2.45) is 16.7 Å². The van der Waals surface area contributed by atoms with Crippen molar-refractivity contribution in [3.05, 3.63) is 0 Å². The first-order valence-electron chi connectivity index (χ1n) is 5.85. The first-order valence-corrected chi connectivity index (χ1v) is 5.85. The Morgan fingerprint density at radius 2 is 1.67 bits per heavy atom. The minimum atomic E-state index is 0.0343. The number of nitrogens with one attached hydrogen (secondary N) is 1. The molecule has 2 nitrogen and oxygen atoms in total. The van der Waals surface area contributed by atoms with E-state index in [9.17, 15) is 4.79 Å². The molecule has 1 N–H and O–H groups in total. The Morgan fingerprint density at radius 3 is 1.93 bits per heavy atom. The van der Waals surface area contributed by atoms with Gasteiger partial charge in [-0.25, -0.2) is 0 Å². The molecule has 0 heterocycles. The summed E-state index contributed by atoms with van der Waals surface area (Å²) in [6.07, 6.45) is 2.06. The SMILES string of the molecule is CCC(C)(C)CC(C(=O)NC)C(C)(C)C. The number of rotatable bonds is 4. The van der Waals surface area contributed by atoms with Gasteiger partial charge in [-0.05, 0) is 17.3 Å². The second kappa shape index (κ2) is 5.00. The van der Waals surface area contributed by atoms with E-state index in [0.29, 0.717) is 0 Å². The third kappa shape index (κ3) is 4.67. The maximum Gasteiger partial charge on any atom is 0.223 e. The van der Waals surface area contributed by atoms with Crippen LogP contribution in [0.25, 0.3) is 0 Å². The normalized spacial score (nSPS) is 14.9. The molecule has 0 aliphatic rings. The Morgan fingerprint density at radius 1 is 1.20 bits per heavy atom. The molecule has 0 bridgehead atoms. The zero-order valence-electron chi connectivity index (χ0n) is 11.4. The van der Waals surface area contributed by atoms with E-state index in [1.54, 1.807) is 7.05 Å². The van der Waals surface area contributed by atoms with Crippen LogP contribution in [0.1, 0.15) is 54.4 Å². The molecule has 90 valence electrons. The lowest BCUT2D eigenvalue weighted by atomic mass is 9.70. The Balaban J connectivity index is 4.75. The van der Waals surface area contributed by atoms with E-state index in [0.717, 1.165) is 12.8 Å². The van der Waals surface area contributed by atoms with Gasteiger partial charge in [0.25, 0.3) is 0 Å². The minimum Gasteiger partial charge on any atom is -0.359 e. The molecule has 1 atom stereocenters. The molecular formula is C13H27NO. The highest BCUT2D eigenvalue weighted by Crippen LogP contribution is 2.37. The Kier molecular flexibility index (Phi) is 4.82. The highest BCUT2D eigenvalue weighted by molar-refractivity contribution is 5.79. The van der Waals surface area contributed by atoms with Crippen molar-refractivity contribution in [3.63, 3.8) is 0 Å². The number of amides is 1. The standard InChI is InChI=1S/C13H27NO/c1-8-13(5,6)9-10(11(15)14-7)12(2,3)4/h10H,8-9H2,1-7H3,(H,14,15). The summed E-state index contributed by atoms with van der Waals surface area (Å²) in [5.74, 6) is 0.265. The van der Waals surface area contributed by atoms with Crippen LogP contribution in [0.3, 0.4) is 0 Å². The van der Waals surface area contributed by atoms with Crippen molar-refractivity contribution in [2.45, 2.75) is 54.4 Å². The van der Waals surface area contributed by atoms with E-state index in [-0.39, 0.29) is 22.7 Å². The van der Waals surface area contributed by atoms with E-state index in [1.807, 2.05) is 0 Å². The summed E-state index contributed by atoms with van der Waals surface area (Å²) < 4.78 is 0. The van der Waals surface area contributed by atoms with Crippen molar-refractivity contribution in [2.75, 3.05) is 7.05 Å². The van der Waals surface area contributed by atoms with E-state index in [1.165, 1.54) is 0 Å². The lowest BCUT2D eigenvalue weighted by Crippen LogP contribution is -2.38. The van der Waals surface area contributed by atoms with Gasteiger partial charge in [0, 0.05) is 13.0 Å². The quantitative estimate of drug-likeness (QED) is 0.763. The molecule has 1 unspecified atom stereocenters. The van der Waals surface area contributed by atoms with Gasteiger partial charge in [-0.15, -0.1) is 0 Å². The van der Waals surface area contributed by atoms with Crippen LogP contribution < -0.4 is 5.32 Å². The Hall–Kier alpha value is -0.530. The van der Waals surface area contributed by atoms with Crippen LogP contribution in [-0.2, 0) is 4.79 Å². The van der Waals surface area contributed by atoms with E-state index in [2.05, 4.69) is 46.9 Å². The molecule has 2 heteroatoms. The van der Waals surface area contributed by atoms with E-state index >= 15 is 0 Å². The summed E-state index contributed by atoms with van der Waals surface area (Å²) in [5.41, 5.74) is 0.275. The molecule has 0 aromatic heterocycles. The molecule has 0 saturated heterocycles. The third-order valence-corrected chi connectivity index (χ3v) is 3.32. The molecule has 0 aromatic carbocycles. The fourth-order valence-corrected chi connectivity index (χ4v) is 1.66.